The Balaban J connectivity index is 1.25. The number of nitrogens with zero attached hydrogens (tertiary/aromatic N) is 6. The van der Waals surface area contributed by atoms with Crippen molar-refractivity contribution in [3.8, 4) is 0 Å². The van der Waals surface area contributed by atoms with Gasteiger partial charge in [-0.25, -0.2) is 23.1 Å². The molecule has 0 spiro atoms. The molecule has 38 heavy (non-hydrogen) atoms. The van der Waals surface area contributed by atoms with Gasteiger partial charge < -0.3 is 15.0 Å². The predicted molar refractivity (Wildman–Crippen MR) is 146 cm³/mol. The first-order chi connectivity index (χ1) is 18.5. The maximum absolute atomic E-state index is 12.8. The molecule has 5 rings (SSSR count). The Morgan fingerprint density at radius 2 is 1.79 bits per heavy atom. The first-order valence-corrected chi connectivity index (χ1v) is 15.5. The summed E-state index contributed by atoms with van der Waals surface area (Å²) in [5, 5.41) is 9.12. The highest BCUT2D eigenvalue weighted by molar-refractivity contribution is 7.99. The average Bonchev–Trinajstić information content (AvgIpc) is 3.36. The number of carbonyl (C=O) groups excluding carboxylic acids is 1. The van der Waals surface area contributed by atoms with Gasteiger partial charge >= 0.3 is 0 Å². The van der Waals surface area contributed by atoms with Crippen molar-refractivity contribution in [2.24, 2.45) is 0 Å². The first-order valence-electron chi connectivity index (χ1n) is 13.0. The highest BCUT2D eigenvalue weighted by atomic mass is 32.2. The number of amides is 1. The van der Waals surface area contributed by atoms with Crippen LogP contribution in [0.3, 0.4) is 0 Å². The van der Waals surface area contributed by atoms with E-state index in [-0.39, 0.29) is 10.8 Å². The lowest BCUT2D eigenvalue weighted by molar-refractivity contribution is 0.0730. The van der Waals surface area contributed by atoms with Gasteiger partial charge in [0.05, 0.1) is 36.2 Å². The van der Waals surface area contributed by atoms with E-state index in [1.807, 2.05) is 10.9 Å². The lowest BCUT2D eigenvalue weighted by Gasteiger charge is -2.28. The topological polar surface area (TPSA) is 123 Å². The van der Waals surface area contributed by atoms with Crippen LogP contribution in [0.2, 0.25) is 0 Å². The number of fused-ring (bicyclic) bond motifs is 1. The van der Waals surface area contributed by atoms with Crippen molar-refractivity contribution < 1.29 is 17.9 Å². The van der Waals surface area contributed by atoms with Crippen LogP contribution in [0.1, 0.15) is 36.5 Å². The van der Waals surface area contributed by atoms with E-state index in [0.717, 1.165) is 53.7 Å². The number of morpholine rings is 1. The third-order valence-corrected chi connectivity index (χ3v) is 9.36. The maximum Gasteiger partial charge on any atom is 0.251 e. The Morgan fingerprint density at radius 3 is 2.50 bits per heavy atom. The fourth-order valence-corrected chi connectivity index (χ4v) is 6.68. The summed E-state index contributed by atoms with van der Waals surface area (Å²) in [6.45, 7) is 6.27. The van der Waals surface area contributed by atoms with Gasteiger partial charge in [-0.05, 0) is 49.3 Å². The van der Waals surface area contributed by atoms with Crippen molar-refractivity contribution in [2.75, 3.05) is 56.6 Å². The number of hydrogen-bond donors (Lipinski definition) is 1. The molecule has 2 fully saturated rings. The van der Waals surface area contributed by atoms with E-state index in [2.05, 4.69) is 22.2 Å². The number of benzene rings is 1. The SMILES string of the molecule is CCSc1nc(N2CCCCC2)c2cnn(CCNC(=O)c3ccc(S(=O)(=O)N4CCOCC4)cc3)c2n1. The predicted octanol–water partition coefficient (Wildman–Crippen LogP) is 2.38. The number of hydrogen-bond acceptors (Lipinski definition) is 9. The van der Waals surface area contributed by atoms with Crippen molar-refractivity contribution in [1.82, 2.24) is 29.4 Å². The largest absolute Gasteiger partial charge is 0.379 e. The molecule has 0 aliphatic carbocycles. The molecule has 0 atom stereocenters. The van der Waals surface area contributed by atoms with Crippen LogP contribution < -0.4 is 10.2 Å². The smallest absolute Gasteiger partial charge is 0.251 e. The summed E-state index contributed by atoms with van der Waals surface area (Å²) in [6.07, 6.45) is 5.37. The zero-order valence-corrected chi connectivity index (χ0v) is 23.1. The molecular formula is C25H33N7O4S2. The summed E-state index contributed by atoms with van der Waals surface area (Å²) in [7, 11) is -3.60. The maximum atomic E-state index is 12.8. The summed E-state index contributed by atoms with van der Waals surface area (Å²) in [4.78, 5) is 24.8. The summed E-state index contributed by atoms with van der Waals surface area (Å²) < 4.78 is 34.1. The standard InChI is InChI=1S/C25H33N7O4S2/c1-2-37-25-28-22(30-11-4-3-5-12-30)21-18-27-32(23(21)29-25)13-10-26-24(33)19-6-8-20(9-7-19)38(34,35)31-14-16-36-17-15-31/h6-9,18H,2-5,10-17H2,1H3,(H,26,33). The van der Waals surface area contributed by atoms with Gasteiger partial charge in [0, 0.05) is 38.3 Å². The van der Waals surface area contributed by atoms with Crippen molar-refractivity contribution in [2.45, 2.75) is 42.8 Å². The van der Waals surface area contributed by atoms with E-state index in [0.29, 0.717) is 45.0 Å². The van der Waals surface area contributed by atoms with Crippen LogP contribution >= 0.6 is 11.8 Å². The van der Waals surface area contributed by atoms with Crippen LogP contribution in [-0.4, -0.2) is 90.1 Å². The third-order valence-electron chi connectivity index (χ3n) is 6.72. The van der Waals surface area contributed by atoms with E-state index in [9.17, 15) is 13.2 Å². The van der Waals surface area contributed by atoms with Gasteiger partial charge in [0.25, 0.3) is 5.91 Å². The summed E-state index contributed by atoms with van der Waals surface area (Å²) in [6, 6.07) is 6.04. The molecule has 3 aromatic rings. The minimum atomic E-state index is -3.60. The minimum Gasteiger partial charge on any atom is -0.379 e. The van der Waals surface area contributed by atoms with Gasteiger partial charge in [-0.2, -0.15) is 9.40 Å². The number of piperidine rings is 1. The molecular weight excluding hydrogens is 526 g/mol. The number of anilines is 1. The Labute approximate surface area is 227 Å². The minimum absolute atomic E-state index is 0.170. The Hall–Kier alpha value is -2.74. The zero-order valence-electron chi connectivity index (χ0n) is 21.5. The second-order valence-corrected chi connectivity index (χ2v) is 12.4. The molecule has 0 saturated carbocycles. The molecule has 0 unspecified atom stereocenters. The van der Waals surface area contributed by atoms with Gasteiger partial charge in [-0.15, -0.1) is 0 Å². The van der Waals surface area contributed by atoms with E-state index < -0.39 is 10.0 Å². The van der Waals surface area contributed by atoms with Crippen LogP contribution in [0.25, 0.3) is 11.0 Å². The van der Waals surface area contributed by atoms with Gasteiger partial charge in [-0.1, -0.05) is 18.7 Å². The molecule has 2 saturated heterocycles. The molecule has 4 heterocycles. The van der Waals surface area contributed by atoms with Crippen LogP contribution in [0, 0.1) is 0 Å². The molecule has 0 bridgehead atoms. The lowest BCUT2D eigenvalue weighted by Crippen LogP contribution is -2.40. The van der Waals surface area contributed by atoms with Crippen LogP contribution in [0.5, 0.6) is 0 Å². The number of sulfonamides is 1. The Morgan fingerprint density at radius 1 is 1.05 bits per heavy atom. The molecule has 204 valence electrons. The number of thioether (sulfide) groups is 1. The van der Waals surface area contributed by atoms with E-state index in [4.69, 9.17) is 14.7 Å². The molecule has 2 aromatic heterocycles. The van der Waals surface area contributed by atoms with E-state index in [1.54, 1.807) is 23.9 Å². The van der Waals surface area contributed by atoms with E-state index >= 15 is 0 Å². The van der Waals surface area contributed by atoms with Crippen LogP contribution in [-0.2, 0) is 21.3 Å². The van der Waals surface area contributed by atoms with Gasteiger partial charge in [-0.3, -0.25) is 4.79 Å². The normalized spacial score (nSPS) is 17.1. The summed E-state index contributed by atoms with van der Waals surface area (Å²) in [5.41, 5.74) is 1.16. The highest BCUT2D eigenvalue weighted by Crippen LogP contribution is 2.29. The van der Waals surface area contributed by atoms with Crippen molar-refractivity contribution in [1.29, 1.82) is 0 Å². The monoisotopic (exact) mass is 559 g/mol. The lowest BCUT2D eigenvalue weighted by atomic mass is 10.1. The van der Waals surface area contributed by atoms with Gasteiger partial charge in [0.1, 0.15) is 5.82 Å². The fraction of sp³-hybridized carbons (Fsp3) is 0.520. The van der Waals surface area contributed by atoms with Gasteiger partial charge in [0.15, 0.2) is 10.8 Å². The third kappa shape index (κ3) is 5.80. The molecule has 1 amide bonds. The highest BCUT2D eigenvalue weighted by Gasteiger charge is 2.26. The average molecular weight is 560 g/mol. The fourth-order valence-electron chi connectivity index (χ4n) is 4.72. The summed E-state index contributed by atoms with van der Waals surface area (Å²) in [5.74, 6) is 1.54. The molecule has 1 N–H and O–H groups in total. The quantitative estimate of drug-likeness (QED) is 0.311. The molecule has 13 heteroatoms. The second-order valence-electron chi connectivity index (χ2n) is 9.21. The molecule has 2 aliphatic rings. The van der Waals surface area contributed by atoms with Crippen LogP contribution in [0.15, 0.2) is 40.5 Å². The molecule has 1 aromatic carbocycles. The van der Waals surface area contributed by atoms with Crippen LogP contribution in [0.4, 0.5) is 5.82 Å². The number of ether oxygens (including phenoxy) is 1. The number of rotatable bonds is 9. The van der Waals surface area contributed by atoms with Gasteiger partial charge in [0.2, 0.25) is 10.0 Å². The zero-order chi connectivity index (χ0) is 26.5. The second kappa shape index (κ2) is 12.0. The van der Waals surface area contributed by atoms with Crippen molar-refractivity contribution in [3.63, 3.8) is 0 Å². The number of nitrogens with one attached hydrogen (secondary N) is 1. The summed E-state index contributed by atoms with van der Waals surface area (Å²) >= 11 is 1.61. The Bertz CT molecular complexity index is 1370. The van der Waals surface area contributed by atoms with E-state index in [1.165, 1.54) is 22.9 Å². The first kappa shape index (κ1) is 26.9. The number of carbonyl (C=O) groups is 1. The molecule has 0 radical (unpaired) electrons. The Kier molecular flexibility index (Phi) is 8.46. The van der Waals surface area contributed by atoms with Crippen molar-refractivity contribution in [3.05, 3.63) is 36.0 Å². The van der Waals surface area contributed by atoms with Crippen molar-refractivity contribution >= 4 is 44.5 Å². The molecule has 2 aliphatic heterocycles. The number of aromatic nitrogens is 4. The molecule has 11 nitrogen and oxygen atoms in total.